The second-order valence-corrected chi connectivity index (χ2v) is 8.38. The molecular formula is C20H25FN2O5S. The molecule has 158 valence electrons. The van der Waals surface area contributed by atoms with E-state index < -0.39 is 33.8 Å². The molecule has 7 nitrogen and oxygen atoms in total. The van der Waals surface area contributed by atoms with Crippen molar-refractivity contribution in [3.8, 4) is 11.5 Å². The lowest BCUT2D eigenvalue weighted by molar-refractivity contribution is -0.122. The van der Waals surface area contributed by atoms with Gasteiger partial charge in [-0.25, -0.2) is 12.8 Å². The van der Waals surface area contributed by atoms with E-state index in [0.29, 0.717) is 17.1 Å². The Morgan fingerprint density at radius 3 is 2.31 bits per heavy atom. The van der Waals surface area contributed by atoms with Gasteiger partial charge in [0.05, 0.1) is 32.2 Å². The van der Waals surface area contributed by atoms with Crippen molar-refractivity contribution in [1.82, 2.24) is 5.32 Å². The van der Waals surface area contributed by atoms with Crippen molar-refractivity contribution in [1.29, 1.82) is 0 Å². The average molecular weight is 424 g/mol. The summed E-state index contributed by atoms with van der Waals surface area (Å²) in [6.45, 7) is 3.13. The summed E-state index contributed by atoms with van der Waals surface area (Å²) in [6, 6.07) is 8.87. The van der Waals surface area contributed by atoms with E-state index in [0.717, 1.165) is 16.6 Å². The topological polar surface area (TPSA) is 84.9 Å². The number of nitrogens with one attached hydrogen (secondary N) is 1. The van der Waals surface area contributed by atoms with Gasteiger partial charge in [-0.15, -0.1) is 0 Å². The molecule has 0 saturated heterocycles. The van der Waals surface area contributed by atoms with Crippen LogP contribution in [0.5, 0.6) is 11.5 Å². The van der Waals surface area contributed by atoms with E-state index in [-0.39, 0.29) is 5.69 Å². The Balaban J connectivity index is 2.32. The highest BCUT2D eigenvalue weighted by molar-refractivity contribution is 7.92. The van der Waals surface area contributed by atoms with Crippen LogP contribution in [0.15, 0.2) is 42.5 Å². The number of anilines is 1. The fourth-order valence-electron chi connectivity index (χ4n) is 3.00. The molecule has 2 aromatic rings. The molecule has 0 radical (unpaired) electrons. The monoisotopic (exact) mass is 424 g/mol. The van der Waals surface area contributed by atoms with Crippen molar-refractivity contribution >= 4 is 21.6 Å². The van der Waals surface area contributed by atoms with Crippen LogP contribution in [-0.4, -0.2) is 40.8 Å². The Morgan fingerprint density at radius 1 is 1.10 bits per heavy atom. The number of benzene rings is 2. The Morgan fingerprint density at radius 2 is 1.76 bits per heavy atom. The number of hydrogen-bond donors (Lipinski definition) is 1. The van der Waals surface area contributed by atoms with E-state index in [9.17, 15) is 17.6 Å². The van der Waals surface area contributed by atoms with Gasteiger partial charge in [0.15, 0.2) is 0 Å². The van der Waals surface area contributed by atoms with E-state index >= 15 is 0 Å². The minimum absolute atomic E-state index is 0.190. The van der Waals surface area contributed by atoms with E-state index in [1.807, 2.05) is 0 Å². The molecule has 0 spiro atoms. The zero-order chi connectivity index (χ0) is 21.8. The number of carbonyl (C=O) groups is 1. The number of ether oxygens (including phenoxy) is 2. The molecule has 0 saturated carbocycles. The van der Waals surface area contributed by atoms with Crippen LogP contribution in [0.2, 0.25) is 0 Å². The predicted octanol–water partition coefficient (Wildman–Crippen LogP) is 2.87. The lowest BCUT2D eigenvalue weighted by Crippen LogP contribution is -2.48. The minimum Gasteiger partial charge on any atom is -0.497 e. The van der Waals surface area contributed by atoms with Gasteiger partial charge in [-0.3, -0.25) is 9.10 Å². The maximum absolute atomic E-state index is 14.2. The molecule has 2 rings (SSSR count). The fraction of sp³-hybridized carbons (Fsp3) is 0.350. The van der Waals surface area contributed by atoms with Crippen molar-refractivity contribution in [2.75, 3.05) is 24.8 Å². The summed E-state index contributed by atoms with van der Waals surface area (Å²) in [5, 5.41) is 2.76. The summed E-state index contributed by atoms with van der Waals surface area (Å²) in [5.41, 5.74) is 0.466. The molecule has 29 heavy (non-hydrogen) atoms. The maximum atomic E-state index is 14.2. The van der Waals surface area contributed by atoms with Gasteiger partial charge in [0.2, 0.25) is 15.9 Å². The second kappa shape index (κ2) is 9.13. The minimum atomic E-state index is -3.92. The highest BCUT2D eigenvalue weighted by Crippen LogP contribution is 2.30. The van der Waals surface area contributed by atoms with Crippen molar-refractivity contribution < 1.29 is 27.1 Å². The maximum Gasteiger partial charge on any atom is 0.244 e. The summed E-state index contributed by atoms with van der Waals surface area (Å²) in [6.07, 6.45) is 0.928. The number of halogens is 1. The van der Waals surface area contributed by atoms with Gasteiger partial charge in [-0.1, -0.05) is 12.1 Å². The molecule has 2 unspecified atom stereocenters. The zero-order valence-corrected chi connectivity index (χ0v) is 17.8. The third-order valence-corrected chi connectivity index (χ3v) is 5.67. The third kappa shape index (κ3) is 5.17. The molecule has 0 aliphatic rings. The zero-order valence-electron chi connectivity index (χ0n) is 17.0. The molecule has 9 heteroatoms. The standard InChI is InChI=1S/C20H25FN2O5S/c1-13(16-12-15(27-3)10-11-19(16)28-4)22-20(24)14(2)23(29(5,25)26)18-9-7-6-8-17(18)21/h6-14H,1-5H3,(H,22,24). The van der Waals surface area contributed by atoms with Gasteiger partial charge >= 0.3 is 0 Å². The van der Waals surface area contributed by atoms with Crippen LogP contribution in [-0.2, 0) is 14.8 Å². The van der Waals surface area contributed by atoms with Crippen LogP contribution in [0, 0.1) is 5.82 Å². The highest BCUT2D eigenvalue weighted by Gasteiger charge is 2.31. The van der Waals surface area contributed by atoms with Crippen LogP contribution in [0.3, 0.4) is 0 Å². The fourth-order valence-corrected chi connectivity index (χ4v) is 4.18. The van der Waals surface area contributed by atoms with Gasteiger partial charge < -0.3 is 14.8 Å². The van der Waals surface area contributed by atoms with Gasteiger partial charge in [-0.2, -0.15) is 0 Å². The summed E-state index contributed by atoms with van der Waals surface area (Å²) in [4.78, 5) is 12.8. The molecule has 0 heterocycles. The largest absolute Gasteiger partial charge is 0.497 e. The van der Waals surface area contributed by atoms with E-state index in [1.165, 1.54) is 39.3 Å². The summed E-state index contributed by atoms with van der Waals surface area (Å²) in [5.74, 6) is -0.199. The first-order valence-electron chi connectivity index (χ1n) is 8.86. The van der Waals surface area contributed by atoms with Gasteiger partial charge in [-0.05, 0) is 44.2 Å². The normalized spacial score (nSPS) is 13.3. The van der Waals surface area contributed by atoms with E-state index in [4.69, 9.17) is 9.47 Å². The van der Waals surface area contributed by atoms with Crippen molar-refractivity contribution in [2.24, 2.45) is 0 Å². The summed E-state index contributed by atoms with van der Waals surface area (Å²) >= 11 is 0. The smallest absolute Gasteiger partial charge is 0.244 e. The molecule has 2 aromatic carbocycles. The quantitative estimate of drug-likeness (QED) is 0.704. The summed E-state index contributed by atoms with van der Waals surface area (Å²) < 4.78 is 50.2. The van der Waals surface area contributed by atoms with Crippen molar-refractivity contribution in [3.63, 3.8) is 0 Å². The molecule has 0 fully saturated rings. The van der Waals surface area contributed by atoms with Crippen LogP contribution >= 0.6 is 0 Å². The Kier molecular flexibility index (Phi) is 7.07. The lowest BCUT2D eigenvalue weighted by atomic mass is 10.1. The molecule has 1 amide bonds. The summed E-state index contributed by atoms with van der Waals surface area (Å²) in [7, 11) is -0.892. The lowest BCUT2D eigenvalue weighted by Gasteiger charge is -2.29. The van der Waals surface area contributed by atoms with Crippen molar-refractivity contribution in [2.45, 2.75) is 25.9 Å². The number of amides is 1. The molecule has 0 bridgehead atoms. The van der Waals surface area contributed by atoms with E-state index in [1.54, 1.807) is 25.1 Å². The first-order valence-corrected chi connectivity index (χ1v) is 10.7. The number of para-hydroxylation sites is 1. The van der Waals surface area contributed by atoms with Crippen LogP contribution in [0.25, 0.3) is 0 Å². The van der Waals surface area contributed by atoms with Crippen LogP contribution in [0.1, 0.15) is 25.5 Å². The van der Waals surface area contributed by atoms with Gasteiger partial charge in [0, 0.05) is 5.56 Å². The average Bonchev–Trinajstić information content (AvgIpc) is 2.67. The Bertz CT molecular complexity index is 981. The number of methoxy groups -OCH3 is 2. The molecule has 2 atom stereocenters. The molecular weight excluding hydrogens is 399 g/mol. The van der Waals surface area contributed by atoms with E-state index in [2.05, 4.69) is 5.32 Å². The predicted molar refractivity (Wildman–Crippen MR) is 109 cm³/mol. The third-order valence-electron chi connectivity index (χ3n) is 4.44. The molecule has 0 aromatic heterocycles. The van der Waals surface area contributed by atoms with Crippen molar-refractivity contribution in [3.05, 3.63) is 53.8 Å². The number of carbonyl (C=O) groups excluding carboxylic acids is 1. The first-order chi connectivity index (χ1) is 13.6. The SMILES string of the molecule is COc1ccc(OC)c(C(C)NC(=O)C(C)N(c2ccccc2F)S(C)(=O)=O)c1. The highest BCUT2D eigenvalue weighted by atomic mass is 32.2. The second-order valence-electron chi connectivity index (χ2n) is 6.52. The number of hydrogen-bond acceptors (Lipinski definition) is 5. The molecule has 1 N–H and O–H groups in total. The number of sulfonamides is 1. The first kappa shape index (κ1) is 22.5. The number of nitrogens with zero attached hydrogens (tertiary/aromatic N) is 1. The van der Waals surface area contributed by atoms with Gasteiger partial charge in [0.1, 0.15) is 23.4 Å². The Labute approximate surface area is 170 Å². The van der Waals surface area contributed by atoms with Crippen LogP contribution < -0.4 is 19.1 Å². The number of rotatable bonds is 8. The van der Waals surface area contributed by atoms with Crippen LogP contribution in [0.4, 0.5) is 10.1 Å². The molecule has 0 aliphatic heterocycles. The molecule has 0 aliphatic carbocycles. The van der Waals surface area contributed by atoms with Gasteiger partial charge in [0.25, 0.3) is 0 Å². The Hall–Kier alpha value is -2.81.